The highest BCUT2D eigenvalue weighted by Gasteiger charge is 2.28. The average molecular weight is 260 g/mol. The summed E-state index contributed by atoms with van der Waals surface area (Å²) in [4.78, 5) is 19.5. The molecule has 0 aromatic rings. The lowest BCUT2D eigenvalue weighted by Gasteiger charge is -2.35. The van der Waals surface area contributed by atoms with E-state index in [1.807, 2.05) is 0 Å². The minimum Gasteiger partial charge on any atom is -0.481 e. The quantitative estimate of drug-likeness (QED) is 0.758. The molecule has 2 N–H and O–H groups in total. The lowest BCUT2D eigenvalue weighted by Crippen LogP contribution is -2.27. The first-order valence-electron chi connectivity index (χ1n) is 6.42. The van der Waals surface area contributed by atoms with Crippen LogP contribution in [0, 0.1) is 11.3 Å². The zero-order valence-electron chi connectivity index (χ0n) is 11.4. The summed E-state index contributed by atoms with van der Waals surface area (Å²) in [5.41, 5.74) is 0.637. The molecule has 0 radical (unpaired) electrons. The Morgan fingerprint density at radius 3 is 1.67 bits per heavy atom. The Bertz CT molecular complexity index is 249. The molecule has 1 heterocycles. The zero-order valence-corrected chi connectivity index (χ0v) is 11.4. The number of carboxylic acid groups (broad SMARTS) is 2. The molecule has 1 fully saturated rings. The number of carboxylic acids is 2. The van der Waals surface area contributed by atoms with Crippen LogP contribution in [0.2, 0.25) is 0 Å². The van der Waals surface area contributed by atoms with Gasteiger partial charge in [-0.05, 0) is 25.2 Å². The predicted molar refractivity (Wildman–Crippen MR) is 67.5 cm³/mol. The third-order valence-electron chi connectivity index (χ3n) is 3.79. The van der Waals surface area contributed by atoms with Gasteiger partial charge in [-0.3, -0.25) is 9.59 Å². The van der Waals surface area contributed by atoms with Crippen LogP contribution in [0.3, 0.4) is 0 Å². The summed E-state index contributed by atoms with van der Waals surface area (Å²) < 4.78 is 5.33. The standard InChI is InChI=1S/C9H18O.C4H6O4/c1-3-9(4-2)5-7-10-8-6-9;1-2(3(5)6)4(7)8/h3-8H2,1-2H3;2H,1H3,(H,5,6)(H,7,8). The van der Waals surface area contributed by atoms with E-state index in [0.717, 1.165) is 20.1 Å². The van der Waals surface area contributed by atoms with Crippen LogP contribution in [-0.4, -0.2) is 35.4 Å². The molecule has 5 heteroatoms. The van der Waals surface area contributed by atoms with Crippen LogP contribution < -0.4 is 0 Å². The molecule has 0 aromatic carbocycles. The smallest absolute Gasteiger partial charge is 0.317 e. The van der Waals surface area contributed by atoms with Crippen molar-refractivity contribution in [1.82, 2.24) is 0 Å². The largest absolute Gasteiger partial charge is 0.481 e. The fourth-order valence-electron chi connectivity index (χ4n) is 1.87. The van der Waals surface area contributed by atoms with Crippen molar-refractivity contribution in [3.05, 3.63) is 0 Å². The van der Waals surface area contributed by atoms with Crippen LogP contribution >= 0.6 is 0 Å². The molecule has 0 aliphatic carbocycles. The summed E-state index contributed by atoms with van der Waals surface area (Å²) in [5.74, 6) is -3.91. The summed E-state index contributed by atoms with van der Waals surface area (Å²) >= 11 is 0. The van der Waals surface area contributed by atoms with E-state index in [0.29, 0.717) is 5.41 Å². The second-order valence-corrected chi connectivity index (χ2v) is 4.72. The van der Waals surface area contributed by atoms with Gasteiger partial charge in [-0.25, -0.2) is 0 Å². The molecular weight excluding hydrogens is 236 g/mol. The Kier molecular flexibility index (Phi) is 7.59. The van der Waals surface area contributed by atoms with Crippen molar-refractivity contribution in [1.29, 1.82) is 0 Å². The van der Waals surface area contributed by atoms with E-state index in [1.54, 1.807) is 0 Å². The lowest BCUT2D eigenvalue weighted by molar-refractivity contribution is -0.153. The van der Waals surface area contributed by atoms with E-state index >= 15 is 0 Å². The number of ether oxygens (including phenoxy) is 1. The minimum atomic E-state index is -1.31. The first-order valence-corrected chi connectivity index (χ1v) is 6.42. The van der Waals surface area contributed by atoms with E-state index in [9.17, 15) is 9.59 Å². The summed E-state index contributed by atoms with van der Waals surface area (Å²) in [6.45, 7) is 7.69. The number of hydrogen-bond acceptors (Lipinski definition) is 3. The Morgan fingerprint density at radius 1 is 1.11 bits per heavy atom. The van der Waals surface area contributed by atoms with Gasteiger partial charge in [0.25, 0.3) is 0 Å². The minimum absolute atomic E-state index is 0.637. The molecule has 0 atom stereocenters. The fourth-order valence-corrected chi connectivity index (χ4v) is 1.87. The predicted octanol–water partition coefficient (Wildman–Crippen LogP) is 2.39. The second kappa shape index (κ2) is 8.08. The Labute approximate surface area is 108 Å². The molecule has 5 nitrogen and oxygen atoms in total. The second-order valence-electron chi connectivity index (χ2n) is 4.72. The van der Waals surface area contributed by atoms with Gasteiger partial charge >= 0.3 is 11.9 Å². The van der Waals surface area contributed by atoms with Crippen molar-refractivity contribution in [3.63, 3.8) is 0 Å². The summed E-state index contributed by atoms with van der Waals surface area (Å²) in [6.07, 6.45) is 5.21. The molecular formula is C13H24O5. The van der Waals surface area contributed by atoms with E-state index in [4.69, 9.17) is 14.9 Å². The number of hydrogen-bond donors (Lipinski definition) is 2. The van der Waals surface area contributed by atoms with Gasteiger partial charge in [0.15, 0.2) is 5.92 Å². The van der Waals surface area contributed by atoms with Gasteiger partial charge in [-0.15, -0.1) is 0 Å². The van der Waals surface area contributed by atoms with Gasteiger partial charge in [0.1, 0.15) is 0 Å². The number of rotatable bonds is 4. The van der Waals surface area contributed by atoms with Crippen LogP contribution in [-0.2, 0) is 14.3 Å². The van der Waals surface area contributed by atoms with E-state index in [-0.39, 0.29) is 0 Å². The molecule has 1 aliphatic rings. The third-order valence-corrected chi connectivity index (χ3v) is 3.79. The molecule has 0 saturated carbocycles. The summed E-state index contributed by atoms with van der Waals surface area (Å²) in [5, 5.41) is 15.9. The highest BCUT2D eigenvalue weighted by atomic mass is 16.5. The van der Waals surface area contributed by atoms with Crippen molar-refractivity contribution < 1.29 is 24.5 Å². The van der Waals surface area contributed by atoms with Gasteiger partial charge < -0.3 is 14.9 Å². The maximum Gasteiger partial charge on any atom is 0.317 e. The Balaban J connectivity index is 0.000000331. The van der Waals surface area contributed by atoms with Crippen LogP contribution in [0.15, 0.2) is 0 Å². The summed E-state index contributed by atoms with van der Waals surface area (Å²) in [6, 6.07) is 0. The highest BCUT2D eigenvalue weighted by molar-refractivity contribution is 5.92. The molecule has 18 heavy (non-hydrogen) atoms. The van der Waals surface area contributed by atoms with E-state index in [1.165, 1.54) is 25.7 Å². The molecule has 1 rings (SSSR count). The number of aliphatic carboxylic acids is 2. The van der Waals surface area contributed by atoms with Crippen LogP contribution in [0.5, 0.6) is 0 Å². The monoisotopic (exact) mass is 260 g/mol. The summed E-state index contributed by atoms with van der Waals surface area (Å²) in [7, 11) is 0. The third kappa shape index (κ3) is 5.49. The van der Waals surface area contributed by atoms with Crippen molar-refractivity contribution >= 4 is 11.9 Å². The molecule has 0 bridgehead atoms. The van der Waals surface area contributed by atoms with Crippen LogP contribution in [0.25, 0.3) is 0 Å². The maximum atomic E-state index is 9.76. The lowest BCUT2D eigenvalue weighted by atomic mass is 9.76. The topological polar surface area (TPSA) is 83.8 Å². The Morgan fingerprint density at radius 2 is 1.50 bits per heavy atom. The van der Waals surface area contributed by atoms with Crippen molar-refractivity contribution in [2.45, 2.75) is 46.5 Å². The van der Waals surface area contributed by atoms with Crippen molar-refractivity contribution in [2.75, 3.05) is 13.2 Å². The first kappa shape index (κ1) is 16.9. The normalized spacial score (nSPS) is 17.8. The molecule has 0 spiro atoms. The van der Waals surface area contributed by atoms with Gasteiger partial charge in [-0.2, -0.15) is 0 Å². The molecule has 0 amide bonds. The highest BCUT2D eigenvalue weighted by Crippen LogP contribution is 2.36. The van der Waals surface area contributed by atoms with Crippen LogP contribution in [0.1, 0.15) is 46.5 Å². The van der Waals surface area contributed by atoms with Gasteiger partial charge in [0.2, 0.25) is 0 Å². The molecule has 106 valence electrons. The van der Waals surface area contributed by atoms with Gasteiger partial charge in [-0.1, -0.05) is 26.7 Å². The SMILES string of the molecule is CC(C(=O)O)C(=O)O.CCC1(CC)CCOCC1. The van der Waals surface area contributed by atoms with E-state index < -0.39 is 17.9 Å². The molecule has 0 aromatic heterocycles. The van der Waals surface area contributed by atoms with Gasteiger partial charge in [0.05, 0.1) is 0 Å². The average Bonchev–Trinajstić information content (AvgIpc) is 2.39. The molecule has 1 saturated heterocycles. The molecule has 1 aliphatic heterocycles. The van der Waals surface area contributed by atoms with Gasteiger partial charge in [0, 0.05) is 13.2 Å². The molecule has 0 unspecified atom stereocenters. The van der Waals surface area contributed by atoms with E-state index in [2.05, 4.69) is 13.8 Å². The number of carbonyl (C=O) groups is 2. The maximum absolute atomic E-state index is 9.76. The van der Waals surface area contributed by atoms with Crippen LogP contribution in [0.4, 0.5) is 0 Å². The zero-order chi connectivity index (χ0) is 14.2. The van der Waals surface area contributed by atoms with Crippen molar-refractivity contribution in [3.8, 4) is 0 Å². The first-order chi connectivity index (χ1) is 8.38. The fraction of sp³-hybridized carbons (Fsp3) is 0.846. The Hall–Kier alpha value is -1.10. The van der Waals surface area contributed by atoms with Crippen molar-refractivity contribution in [2.24, 2.45) is 11.3 Å².